The highest BCUT2D eigenvalue weighted by Gasteiger charge is 2.18. The number of nitrogens with zero attached hydrogens (tertiary/aromatic N) is 1. The number of hydrogen-bond acceptors (Lipinski definition) is 2. The highest BCUT2D eigenvalue weighted by Crippen LogP contribution is 2.38. The molecule has 0 aromatic heterocycles. The Labute approximate surface area is 126 Å². The predicted octanol–water partition coefficient (Wildman–Crippen LogP) is 5.36. The van der Waals surface area contributed by atoms with Crippen molar-refractivity contribution in [3.8, 4) is 0 Å². The molecule has 4 aromatic rings. The van der Waals surface area contributed by atoms with Crippen LogP contribution in [0.25, 0.3) is 32.3 Å². The quantitative estimate of drug-likeness (QED) is 0.204. The fraction of sp³-hybridized carbons (Fsp3) is 0.0526. The minimum Gasteiger partial charge on any atom is -0.258 e. The maximum Gasteiger partial charge on any atom is 0.284 e. The first-order chi connectivity index (χ1) is 10.7. The SMILES string of the molecule is Cc1cccc2c1ccc1c([N+](=O)[O-])c3ccccc3cc12. The highest BCUT2D eigenvalue weighted by molar-refractivity contribution is 6.17. The summed E-state index contributed by atoms with van der Waals surface area (Å²) in [6, 6.07) is 19.5. The standard InChI is InChI=1S/C19H13NO2/c1-12-5-4-8-16-14(12)9-10-17-18(16)11-13-6-2-3-7-15(13)19(17)20(21)22/h2-11H,1H3. The van der Waals surface area contributed by atoms with Crippen LogP contribution in [0.15, 0.2) is 60.7 Å². The number of fused-ring (bicyclic) bond motifs is 4. The molecule has 0 N–H and O–H groups in total. The van der Waals surface area contributed by atoms with E-state index in [-0.39, 0.29) is 10.6 Å². The maximum absolute atomic E-state index is 11.6. The second-order valence-electron chi connectivity index (χ2n) is 5.53. The summed E-state index contributed by atoms with van der Waals surface area (Å²) >= 11 is 0. The van der Waals surface area contributed by atoms with E-state index in [9.17, 15) is 10.1 Å². The fourth-order valence-electron chi connectivity index (χ4n) is 3.24. The van der Waals surface area contributed by atoms with E-state index >= 15 is 0 Å². The number of nitro benzene ring substituents is 1. The van der Waals surface area contributed by atoms with Gasteiger partial charge in [-0.1, -0.05) is 42.5 Å². The Hall–Kier alpha value is -2.94. The third kappa shape index (κ3) is 1.69. The van der Waals surface area contributed by atoms with Gasteiger partial charge in [0.1, 0.15) is 0 Å². The summed E-state index contributed by atoms with van der Waals surface area (Å²) in [5.74, 6) is 0. The van der Waals surface area contributed by atoms with Crippen molar-refractivity contribution >= 4 is 38.0 Å². The molecule has 3 nitrogen and oxygen atoms in total. The van der Waals surface area contributed by atoms with E-state index < -0.39 is 0 Å². The highest BCUT2D eigenvalue weighted by atomic mass is 16.6. The zero-order valence-electron chi connectivity index (χ0n) is 12.0. The lowest BCUT2D eigenvalue weighted by Crippen LogP contribution is -1.92. The summed E-state index contributed by atoms with van der Waals surface area (Å²) in [5, 5.41) is 17.1. The van der Waals surface area contributed by atoms with E-state index in [1.165, 1.54) is 5.56 Å². The van der Waals surface area contributed by atoms with Gasteiger partial charge >= 0.3 is 0 Å². The molecule has 0 aliphatic rings. The van der Waals surface area contributed by atoms with E-state index in [0.29, 0.717) is 10.8 Å². The molecular formula is C19H13NO2. The summed E-state index contributed by atoms with van der Waals surface area (Å²) < 4.78 is 0. The zero-order chi connectivity index (χ0) is 15.3. The number of aryl methyl sites for hydroxylation is 1. The Kier molecular flexibility index (Phi) is 2.63. The molecule has 0 aliphatic heterocycles. The molecule has 0 aliphatic carbocycles. The van der Waals surface area contributed by atoms with Crippen LogP contribution >= 0.6 is 0 Å². The summed E-state index contributed by atoms with van der Waals surface area (Å²) in [5.41, 5.74) is 1.37. The van der Waals surface area contributed by atoms with Crippen LogP contribution < -0.4 is 0 Å². The Morgan fingerprint density at radius 2 is 1.50 bits per heavy atom. The average molecular weight is 287 g/mol. The average Bonchev–Trinajstić information content (AvgIpc) is 2.52. The summed E-state index contributed by atoms with van der Waals surface area (Å²) in [6.07, 6.45) is 0. The van der Waals surface area contributed by atoms with E-state index in [4.69, 9.17) is 0 Å². The molecule has 0 bridgehead atoms. The molecule has 4 aromatic carbocycles. The molecule has 22 heavy (non-hydrogen) atoms. The van der Waals surface area contributed by atoms with Gasteiger partial charge in [-0.25, -0.2) is 0 Å². The van der Waals surface area contributed by atoms with Crippen LogP contribution in [0.2, 0.25) is 0 Å². The predicted molar refractivity (Wildman–Crippen MR) is 90.4 cm³/mol. The van der Waals surface area contributed by atoms with Gasteiger partial charge < -0.3 is 0 Å². The largest absolute Gasteiger partial charge is 0.284 e. The Balaban J connectivity index is 2.33. The van der Waals surface area contributed by atoms with Crippen LogP contribution in [0.5, 0.6) is 0 Å². The van der Waals surface area contributed by atoms with Crippen LogP contribution in [0.4, 0.5) is 5.69 Å². The second-order valence-corrected chi connectivity index (χ2v) is 5.53. The van der Waals surface area contributed by atoms with Gasteiger partial charge in [-0.05, 0) is 52.2 Å². The van der Waals surface area contributed by atoms with Crippen LogP contribution in [-0.2, 0) is 0 Å². The lowest BCUT2D eigenvalue weighted by molar-refractivity contribution is -0.381. The molecule has 0 saturated carbocycles. The molecule has 0 heterocycles. The van der Waals surface area contributed by atoms with Gasteiger partial charge in [0, 0.05) is 0 Å². The van der Waals surface area contributed by atoms with E-state index in [0.717, 1.165) is 21.5 Å². The maximum atomic E-state index is 11.6. The van der Waals surface area contributed by atoms with Crippen molar-refractivity contribution in [3.05, 3.63) is 76.3 Å². The summed E-state index contributed by atoms with van der Waals surface area (Å²) in [6.45, 7) is 2.06. The minimum atomic E-state index is -0.272. The van der Waals surface area contributed by atoms with Gasteiger partial charge in [0.2, 0.25) is 0 Å². The molecular weight excluding hydrogens is 274 g/mol. The van der Waals surface area contributed by atoms with E-state index in [1.54, 1.807) is 0 Å². The molecule has 0 unspecified atom stereocenters. The lowest BCUT2D eigenvalue weighted by Gasteiger charge is -2.09. The zero-order valence-corrected chi connectivity index (χ0v) is 12.0. The molecule has 0 spiro atoms. The Morgan fingerprint density at radius 1 is 0.773 bits per heavy atom. The first-order valence-electron chi connectivity index (χ1n) is 7.15. The van der Waals surface area contributed by atoms with Crippen LogP contribution in [-0.4, -0.2) is 4.92 Å². The smallest absolute Gasteiger partial charge is 0.258 e. The van der Waals surface area contributed by atoms with Gasteiger partial charge in [-0.15, -0.1) is 0 Å². The van der Waals surface area contributed by atoms with Crippen molar-refractivity contribution in [2.75, 3.05) is 0 Å². The van der Waals surface area contributed by atoms with Crippen molar-refractivity contribution in [2.45, 2.75) is 6.92 Å². The van der Waals surface area contributed by atoms with Crippen molar-refractivity contribution in [1.29, 1.82) is 0 Å². The number of nitro groups is 1. The third-order valence-corrected chi connectivity index (χ3v) is 4.27. The van der Waals surface area contributed by atoms with Crippen molar-refractivity contribution in [3.63, 3.8) is 0 Å². The molecule has 0 amide bonds. The Bertz CT molecular complexity index is 1070. The van der Waals surface area contributed by atoms with E-state index in [1.807, 2.05) is 48.5 Å². The molecule has 106 valence electrons. The Morgan fingerprint density at radius 3 is 2.32 bits per heavy atom. The van der Waals surface area contributed by atoms with Crippen LogP contribution in [0, 0.1) is 17.0 Å². The van der Waals surface area contributed by atoms with Gasteiger partial charge in [-0.3, -0.25) is 10.1 Å². The molecule has 0 radical (unpaired) electrons. The van der Waals surface area contributed by atoms with Gasteiger partial charge in [0.15, 0.2) is 0 Å². The van der Waals surface area contributed by atoms with Crippen molar-refractivity contribution in [1.82, 2.24) is 0 Å². The van der Waals surface area contributed by atoms with Crippen molar-refractivity contribution < 1.29 is 4.92 Å². The first-order valence-corrected chi connectivity index (χ1v) is 7.15. The first kappa shape index (κ1) is 12.8. The monoisotopic (exact) mass is 287 g/mol. The minimum absolute atomic E-state index is 0.191. The molecule has 0 saturated heterocycles. The molecule has 3 heteroatoms. The third-order valence-electron chi connectivity index (χ3n) is 4.27. The van der Waals surface area contributed by atoms with Gasteiger partial charge in [-0.2, -0.15) is 0 Å². The van der Waals surface area contributed by atoms with Crippen molar-refractivity contribution in [2.24, 2.45) is 0 Å². The van der Waals surface area contributed by atoms with Crippen LogP contribution in [0.1, 0.15) is 5.56 Å². The normalized spacial score (nSPS) is 11.3. The fourth-order valence-corrected chi connectivity index (χ4v) is 3.24. The number of hydrogen-bond donors (Lipinski definition) is 0. The topological polar surface area (TPSA) is 43.1 Å². The molecule has 0 atom stereocenters. The lowest BCUT2D eigenvalue weighted by atomic mass is 9.95. The summed E-state index contributed by atoms with van der Waals surface area (Å²) in [4.78, 5) is 11.4. The van der Waals surface area contributed by atoms with E-state index in [2.05, 4.69) is 19.1 Å². The second kappa shape index (κ2) is 4.53. The number of non-ortho nitro benzene ring substituents is 1. The van der Waals surface area contributed by atoms with Gasteiger partial charge in [0.05, 0.1) is 15.7 Å². The van der Waals surface area contributed by atoms with Gasteiger partial charge in [0.25, 0.3) is 5.69 Å². The molecule has 0 fully saturated rings. The molecule has 4 rings (SSSR count). The number of rotatable bonds is 1. The summed E-state index contributed by atoms with van der Waals surface area (Å²) in [7, 11) is 0. The van der Waals surface area contributed by atoms with Crippen LogP contribution in [0.3, 0.4) is 0 Å². The number of benzene rings is 4.